The predicted octanol–water partition coefficient (Wildman–Crippen LogP) is 4.49. The molecule has 17 heavy (non-hydrogen) atoms. The van der Waals surface area contributed by atoms with E-state index in [9.17, 15) is 0 Å². The number of nitrogens with one attached hydrogen (secondary N) is 1. The summed E-state index contributed by atoms with van der Waals surface area (Å²) in [5.74, 6) is 0. The van der Waals surface area contributed by atoms with Crippen LogP contribution in [0.1, 0.15) is 17.4 Å². The van der Waals surface area contributed by atoms with Crippen molar-refractivity contribution >= 4 is 22.9 Å². The summed E-state index contributed by atoms with van der Waals surface area (Å²) in [5.41, 5.74) is 3.64. The van der Waals surface area contributed by atoms with E-state index in [1.165, 1.54) is 16.0 Å². The highest BCUT2D eigenvalue weighted by Gasteiger charge is 2.06. The van der Waals surface area contributed by atoms with E-state index >= 15 is 0 Å². The highest BCUT2D eigenvalue weighted by Crippen LogP contribution is 2.30. The first-order chi connectivity index (χ1) is 8.22. The molecule has 0 atom stereocenters. The van der Waals surface area contributed by atoms with E-state index in [4.69, 9.17) is 11.6 Å². The Labute approximate surface area is 111 Å². The number of benzene rings is 1. The highest BCUT2D eigenvalue weighted by molar-refractivity contribution is 7.10. The fourth-order valence-electron chi connectivity index (χ4n) is 1.80. The second-order valence-corrected chi connectivity index (χ2v) is 5.50. The number of aryl methyl sites for hydroxylation is 1. The third-order valence-electron chi connectivity index (χ3n) is 2.79. The van der Waals surface area contributed by atoms with Crippen molar-refractivity contribution in [2.45, 2.75) is 20.4 Å². The molecule has 1 aromatic heterocycles. The summed E-state index contributed by atoms with van der Waals surface area (Å²) in [4.78, 5) is 1.33. The van der Waals surface area contributed by atoms with Gasteiger partial charge in [-0.2, -0.15) is 0 Å². The van der Waals surface area contributed by atoms with Gasteiger partial charge in [0.15, 0.2) is 0 Å². The van der Waals surface area contributed by atoms with E-state index < -0.39 is 0 Å². The Bertz CT molecular complexity index is 505. The van der Waals surface area contributed by atoms with Gasteiger partial charge >= 0.3 is 0 Å². The van der Waals surface area contributed by atoms with Gasteiger partial charge in [0.1, 0.15) is 0 Å². The average Bonchev–Trinajstić information content (AvgIpc) is 2.74. The summed E-state index contributed by atoms with van der Waals surface area (Å²) >= 11 is 8.07. The lowest BCUT2D eigenvalue weighted by molar-refractivity contribution is 0.727. The number of halogens is 1. The normalized spacial score (nSPS) is 10.8. The predicted molar refractivity (Wildman–Crippen MR) is 76.9 cm³/mol. The van der Waals surface area contributed by atoms with E-state index in [0.717, 1.165) is 23.7 Å². The van der Waals surface area contributed by atoms with Gasteiger partial charge in [-0.3, -0.25) is 0 Å². The molecule has 90 valence electrons. The molecule has 0 saturated heterocycles. The Kier molecular flexibility index (Phi) is 4.21. The van der Waals surface area contributed by atoms with Gasteiger partial charge in [0.05, 0.1) is 0 Å². The summed E-state index contributed by atoms with van der Waals surface area (Å²) in [6.07, 6.45) is 0. The smallest absolute Gasteiger partial charge is 0.0457 e. The molecule has 0 aliphatic heterocycles. The fraction of sp³-hybridized carbons (Fsp3) is 0.286. The second kappa shape index (κ2) is 5.67. The third kappa shape index (κ3) is 2.89. The average molecular weight is 266 g/mol. The third-order valence-corrected chi connectivity index (χ3v) is 3.99. The SMILES string of the molecule is CCNCc1ccc(-c2ccsc2C)cc1Cl. The van der Waals surface area contributed by atoms with Gasteiger partial charge in [-0.1, -0.05) is 30.7 Å². The van der Waals surface area contributed by atoms with Crippen molar-refractivity contribution in [2.75, 3.05) is 6.54 Å². The number of rotatable bonds is 4. The molecule has 2 aromatic rings. The summed E-state index contributed by atoms with van der Waals surface area (Å²) in [5, 5.41) is 6.25. The standard InChI is InChI=1S/C14H16ClNS/c1-3-16-9-12-5-4-11(8-14(12)15)13-6-7-17-10(13)2/h4-8,16H,3,9H2,1-2H3. The zero-order valence-corrected chi connectivity index (χ0v) is 11.7. The molecule has 0 unspecified atom stereocenters. The minimum absolute atomic E-state index is 0.832. The molecule has 0 saturated carbocycles. The molecule has 0 bridgehead atoms. The van der Waals surface area contributed by atoms with Crippen LogP contribution in [0.2, 0.25) is 5.02 Å². The van der Waals surface area contributed by atoms with Crippen molar-refractivity contribution in [1.29, 1.82) is 0 Å². The van der Waals surface area contributed by atoms with E-state index in [2.05, 4.69) is 48.8 Å². The molecule has 0 fully saturated rings. The number of hydrogen-bond acceptors (Lipinski definition) is 2. The molecule has 0 radical (unpaired) electrons. The van der Waals surface area contributed by atoms with Crippen LogP contribution in [-0.4, -0.2) is 6.54 Å². The van der Waals surface area contributed by atoms with Crippen molar-refractivity contribution in [1.82, 2.24) is 5.32 Å². The minimum Gasteiger partial charge on any atom is -0.313 e. The molecule has 0 spiro atoms. The lowest BCUT2D eigenvalue weighted by Gasteiger charge is -2.07. The fourth-order valence-corrected chi connectivity index (χ4v) is 2.77. The van der Waals surface area contributed by atoms with Gasteiger partial charge in [-0.25, -0.2) is 0 Å². The van der Waals surface area contributed by atoms with Gasteiger partial charge in [0.2, 0.25) is 0 Å². The van der Waals surface area contributed by atoms with Crippen LogP contribution >= 0.6 is 22.9 Å². The molecule has 1 N–H and O–H groups in total. The molecule has 3 heteroatoms. The first-order valence-corrected chi connectivity index (χ1v) is 7.01. The molecule has 1 aromatic carbocycles. The van der Waals surface area contributed by atoms with Crippen molar-refractivity contribution in [3.63, 3.8) is 0 Å². The number of hydrogen-bond donors (Lipinski definition) is 1. The van der Waals surface area contributed by atoms with Crippen LogP contribution in [0.25, 0.3) is 11.1 Å². The Hall–Kier alpha value is -0.830. The summed E-state index contributed by atoms with van der Waals surface area (Å²) in [7, 11) is 0. The Morgan fingerprint density at radius 3 is 2.71 bits per heavy atom. The van der Waals surface area contributed by atoms with Gasteiger partial charge in [0.25, 0.3) is 0 Å². The summed E-state index contributed by atoms with van der Waals surface area (Å²) in [6.45, 7) is 6.03. The molecular weight excluding hydrogens is 250 g/mol. The van der Waals surface area contributed by atoms with E-state index in [-0.39, 0.29) is 0 Å². The Morgan fingerprint density at radius 2 is 2.12 bits per heavy atom. The van der Waals surface area contributed by atoms with Crippen LogP contribution < -0.4 is 5.32 Å². The quantitative estimate of drug-likeness (QED) is 0.859. The van der Waals surface area contributed by atoms with Crippen LogP contribution in [0.5, 0.6) is 0 Å². The van der Waals surface area contributed by atoms with Crippen LogP contribution in [0, 0.1) is 6.92 Å². The van der Waals surface area contributed by atoms with Crippen LogP contribution in [0.3, 0.4) is 0 Å². The molecular formula is C14H16ClNS. The van der Waals surface area contributed by atoms with Crippen molar-refractivity contribution in [2.24, 2.45) is 0 Å². The highest BCUT2D eigenvalue weighted by atomic mass is 35.5. The maximum absolute atomic E-state index is 6.30. The maximum atomic E-state index is 6.30. The van der Waals surface area contributed by atoms with Crippen molar-refractivity contribution in [3.05, 3.63) is 45.1 Å². The largest absolute Gasteiger partial charge is 0.313 e. The van der Waals surface area contributed by atoms with Gasteiger partial charge in [-0.15, -0.1) is 11.3 Å². The summed E-state index contributed by atoms with van der Waals surface area (Å²) in [6, 6.07) is 8.46. The van der Waals surface area contributed by atoms with Gasteiger partial charge in [0, 0.05) is 16.4 Å². The van der Waals surface area contributed by atoms with E-state index in [0.29, 0.717) is 0 Å². The lowest BCUT2D eigenvalue weighted by atomic mass is 10.0. The topological polar surface area (TPSA) is 12.0 Å². The van der Waals surface area contributed by atoms with Crippen molar-refractivity contribution in [3.8, 4) is 11.1 Å². The molecule has 0 aliphatic rings. The number of thiophene rings is 1. The zero-order chi connectivity index (χ0) is 12.3. The summed E-state index contributed by atoms with van der Waals surface area (Å²) < 4.78 is 0. The maximum Gasteiger partial charge on any atom is 0.0457 e. The molecule has 1 nitrogen and oxygen atoms in total. The molecule has 2 rings (SSSR count). The molecule has 1 heterocycles. The van der Waals surface area contributed by atoms with Crippen molar-refractivity contribution < 1.29 is 0 Å². The Morgan fingerprint density at radius 1 is 1.29 bits per heavy atom. The molecule has 0 aliphatic carbocycles. The zero-order valence-electron chi connectivity index (χ0n) is 10.1. The van der Waals surface area contributed by atoms with Crippen LogP contribution in [0.4, 0.5) is 0 Å². The van der Waals surface area contributed by atoms with Gasteiger partial charge < -0.3 is 5.32 Å². The van der Waals surface area contributed by atoms with Crippen LogP contribution in [-0.2, 0) is 6.54 Å². The van der Waals surface area contributed by atoms with E-state index in [1.807, 2.05) is 0 Å². The first-order valence-electron chi connectivity index (χ1n) is 5.76. The van der Waals surface area contributed by atoms with E-state index in [1.54, 1.807) is 11.3 Å². The minimum atomic E-state index is 0.832. The Balaban J connectivity index is 2.28. The lowest BCUT2D eigenvalue weighted by Crippen LogP contribution is -2.11. The molecule has 0 amide bonds. The van der Waals surface area contributed by atoms with Crippen LogP contribution in [0.15, 0.2) is 29.6 Å². The first kappa shape index (κ1) is 12.6. The monoisotopic (exact) mass is 265 g/mol. The van der Waals surface area contributed by atoms with Gasteiger partial charge in [-0.05, 0) is 47.7 Å². The second-order valence-electron chi connectivity index (χ2n) is 3.98.